The Balaban J connectivity index is 2.06. The Morgan fingerprint density at radius 3 is 2.24 bits per heavy atom. The van der Waals surface area contributed by atoms with Gasteiger partial charge in [-0.1, -0.05) is 35.5 Å². The summed E-state index contributed by atoms with van der Waals surface area (Å²) >= 11 is 0. The molecule has 21 heavy (non-hydrogen) atoms. The lowest BCUT2D eigenvalue weighted by Crippen LogP contribution is -1.96. The van der Waals surface area contributed by atoms with Gasteiger partial charge in [0.1, 0.15) is 18.1 Å². The highest BCUT2D eigenvalue weighted by molar-refractivity contribution is 5.87. The van der Waals surface area contributed by atoms with E-state index in [4.69, 9.17) is 14.3 Å². The molecule has 0 amide bonds. The predicted octanol–water partition coefficient (Wildman–Crippen LogP) is 3.56. The fraction of sp³-hybridized carbons (Fsp3) is 0.235. The van der Waals surface area contributed by atoms with Gasteiger partial charge in [0.15, 0.2) is 0 Å². The highest BCUT2D eigenvalue weighted by Crippen LogP contribution is 2.26. The van der Waals surface area contributed by atoms with E-state index in [-0.39, 0.29) is 0 Å². The van der Waals surface area contributed by atoms with Gasteiger partial charge in [0.2, 0.25) is 0 Å². The number of oxime groups is 1. The van der Waals surface area contributed by atoms with Gasteiger partial charge in [0.25, 0.3) is 0 Å². The first kappa shape index (κ1) is 14.9. The van der Waals surface area contributed by atoms with Crippen molar-refractivity contribution in [2.24, 2.45) is 5.16 Å². The minimum absolute atomic E-state index is 0.431. The van der Waals surface area contributed by atoms with Crippen molar-refractivity contribution < 1.29 is 14.3 Å². The molecule has 2 aromatic rings. The summed E-state index contributed by atoms with van der Waals surface area (Å²) in [5.74, 6) is 1.38. The second-order valence-corrected chi connectivity index (χ2v) is 4.51. The minimum Gasteiger partial charge on any atom is -0.496 e. The van der Waals surface area contributed by atoms with Crippen LogP contribution in [-0.2, 0) is 11.4 Å². The van der Waals surface area contributed by atoms with Crippen molar-refractivity contribution in [3.8, 4) is 11.5 Å². The molecular formula is C17H19NO3. The molecule has 0 aliphatic heterocycles. The van der Waals surface area contributed by atoms with Crippen molar-refractivity contribution >= 4 is 6.21 Å². The second kappa shape index (κ2) is 7.33. The van der Waals surface area contributed by atoms with Gasteiger partial charge in [-0.05, 0) is 30.2 Å². The molecular weight excluding hydrogens is 266 g/mol. The maximum absolute atomic E-state index is 5.36. The lowest BCUT2D eigenvalue weighted by atomic mass is 10.1. The van der Waals surface area contributed by atoms with Crippen molar-refractivity contribution in [1.29, 1.82) is 0 Å². The van der Waals surface area contributed by atoms with E-state index in [1.165, 1.54) is 5.56 Å². The number of hydrogen-bond donors (Lipinski definition) is 0. The van der Waals surface area contributed by atoms with E-state index in [0.717, 1.165) is 11.1 Å². The maximum atomic E-state index is 5.36. The molecule has 0 heterocycles. The molecule has 0 spiro atoms. The third-order valence-corrected chi connectivity index (χ3v) is 3.20. The number of methoxy groups -OCH3 is 2. The standard InChI is InChI=1S/C17H19NO3/c1-13-7-4-5-8-14(13)12-21-18-11-15-16(19-2)9-6-10-17(15)20-3/h4-11H,12H2,1-3H3/b18-11+. The van der Waals surface area contributed by atoms with Crippen LogP contribution in [-0.4, -0.2) is 20.4 Å². The van der Waals surface area contributed by atoms with E-state index in [9.17, 15) is 0 Å². The number of ether oxygens (including phenoxy) is 2. The first-order valence-electron chi connectivity index (χ1n) is 6.67. The van der Waals surface area contributed by atoms with Crippen LogP contribution in [0.3, 0.4) is 0 Å². The van der Waals surface area contributed by atoms with E-state index in [0.29, 0.717) is 18.1 Å². The molecule has 2 rings (SSSR count). The largest absolute Gasteiger partial charge is 0.496 e. The molecule has 0 saturated carbocycles. The summed E-state index contributed by atoms with van der Waals surface area (Å²) in [5.41, 5.74) is 3.05. The quantitative estimate of drug-likeness (QED) is 0.602. The third kappa shape index (κ3) is 3.75. The van der Waals surface area contributed by atoms with E-state index in [2.05, 4.69) is 5.16 Å². The number of aryl methyl sites for hydroxylation is 1. The second-order valence-electron chi connectivity index (χ2n) is 4.51. The normalized spacial score (nSPS) is 10.6. The smallest absolute Gasteiger partial charge is 0.142 e. The molecule has 0 aliphatic rings. The molecule has 0 aliphatic carbocycles. The fourth-order valence-corrected chi connectivity index (χ4v) is 1.98. The van der Waals surface area contributed by atoms with Crippen LogP contribution in [0.2, 0.25) is 0 Å². The fourth-order valence-electron chi connectivity index (χ4n) is 1.98. The van der Waals surface area contributed by atoms with Crippen molar-refractivity contribution in [3.63, 3.8) is 0 Å². The molecule has 0 radical (unpaired) electrons. The molecule has 0 saturated heterocycles. The van der Waals surface area contributed by atoms with Crippen LogP contribution < -0.4 is 9.47 Å². The molecule has 4 heteroatoms. The zero-order valence-electron chi connectivity index (χ0n) is 12.5. The predicted molar refractivity (Wildman–Crippen MR) is 83.1 cm³/mol. The number of nitrogens with zero attached hydrogens (tertiary/aromatic N) is 1. The molecule has 0 N–H and O–H groups in total. The van der Waals surface area contributed by atoms with Gasteiger partial charge in [-0.15, -0.1) is 0 Å². The SMILES string of the molecule is COc1cccc(OC)c1/C=N/OCc1ccccc1C. The Labute approximate surface area is 125 Å². The van der Waals surface area contributed by atoms with E-state index in [1.54, 1.807) is 20.4 Å². The number of benzene rings is 2. The molecule has 4 nitrogen and oxygen atoms in total. The maximum Gasteiger partial charge on any atom is 0.142 e. The first-order valence-corrected chi connectivity index (χ1v) is 6.67. The molecule has 2 aromatic carbocycles. The van der Waals surface area contributed by atoms with Gasteiger partial charge in [0.05, 0.1) is 26.0 Å². The van der Waals surface area contributed by atoms with Gasteiger partial charge >= 0.3 is 0 Å². The summed E-state index contributed by atoms with van der Waals surface area (Å²) < 4.78 is 10.6. The highest BCUT2D eigenvalue weighted by atomic mass is 16.6. The topological polar surface area (TPSA) is 40.0 Å². The summed E-state index contributed by atoms with van der Waals surface area (Å²) in [4.78, 5) is 5.36. The Hall–Kier alpha value is -2.49. The van der Waals surface area contributed by atoms with Crippen molar-refractivity contribution in [3.05, 3.63) is 59.2 Å². The van der Waals surface area contributed by atoms with Crippen LogP contribution in [0.5, 0.6) is 11.5 Å². The van der Waals surface area contributed by atoms with Crippen molar-refractivity contribution in [2.45, 2.75) is 13.5 Å². The average Bonchev–Trinajstić information content (AvgIpc) is 2.52. The van der Waals surface area contributed by atoms with Crippen LogP contribution in [0.4, 0.5) is 0 Å². The summed E-state index contributed by atoms with van der Waals surface area (Å²) in [6, 6.07) is 13.6. The molecule has 0 bridgehead atoms. The van der Waals surface area contributed by atoms with E-state index in [1.807, 2.05) is 49.4 Å². The van der Waals surface area contributed by atoms with Crippen LogP contribution in [0.15, 0.2) is 47.6 Å². The lowest BCUT2D eigenvalue weighted by molar-refractivity contribution is 0.131. The zero-order chi connectivity index (χ0) is 15.1. The molecule has 0 aromatic heterocycles. The Kier molecular flexibility index (Phi) is 5.21. The Bertz CT molecular complexity index is 601. The summed E-state index contributed by atoms with van der Waals surface area (Å²) in [6.45, 7) is 2.48. The number of hydrogen-bond acceptors (Lipinski definition) is 4. The monoisotopic (exact) mass is 285 g/mol. The first-order chi connectivity index (χ1) is 10.3. The zero-order valence-corrected chi connectivity index (χ0v) is 12.5. The van der Waals surface area contributed by atoms with Gasteiger partial charge < -0.3 is 14.3 Å². The summed E-state index contributed by atoms with van der Waals surface area (Å²) in [5, 5.41) is 4.01. The lowest BCUT2D eigenvalue weighted by Gasteiger charge is -2.09. The molecule has 0 atom stereocenters. The van der Waals surface area contributed by atoms with Gasteiger partial charge in [-0.3, -0.25) is 0 Å². The van der Waals surface area contributed by atoms with Crippen LogP contribution in [0, 0.1) is 6.92 Å². The minimum atomic E-state index is 0.431. The van der Waals surface area contributed by atoms with Crippen LogP contribution >= 0.6 is 0 Å². The summed E-state index contributed by atoms with van der Waals surface area (Å²) in [6.07, 6.45) is 1.61. The summed E-state index contributed by atoms with van der Waals surface area (Å²) in [7, 11) is 3.22. The number of rotatable bonds is 6. The highest BCUT2D eigenvalue weighted by Gasteiger charge is 2.07. The van der Waals surface area contributed by atoms with Crippen molar-refractivity contribution in [2.75, 3.05) is 14.2 Å². The van der Waals surface area contributed by atoms with E-state index >= 15 is 0 Å². The molecule has 0 unspecified atom stereocenters. The average molecular weight is 285 g/mol. The van der Waals surface area contributed by atoms with Crippen molar-refractivity contribution in [1.82, 2.24) is 0 Å². The molecule has 110 valence electrons. The Morgan fingerprint density at radius 1 is 0.952 bits per heavy atom. The van der Waals surface area contributed by atoms with Crippen LogP contribution in [0.25, 0.3) is 0 Å². The van der Waals surface area contributed by atoms with Gasteiger partial charge in [-0.2, -0.15) is 0 Å². The Morgan fingerprint density at radius 2 is 1.62 bits per heavy atom. The van der Waals surface area contributed by atoms with E-state index < -0.39 is 0 Å². The van der Waals surface area contributed by atoms with Gasteiger partial charge in [0, 0.05) is 0 Å². The third-order valence-electron chi connectivity index (χ3n) is 3.20. The molecule has 0 fully saturated rings. The van der Waals surface area contributed by atoms with Gasteiger partial charge in [-0.25, -0.2) is 0 Å². The van der Waals surface area contributed by atoms with Crippen LogP contribution in [0.1, 0.15) is 16.7 Å².